The molecule has 0 bridgehead atoms. The number of methoxy groups -OCH3 is 2. The molecule has 2 atom stereocenters. The summed E-state index contributed by atoms with van der Waals surface area (Å²) in [7, 11) is 3.08. The third-order valence-electron chi connectivity index (χ3n) is 6.69. The van der Waals surface area contributed by atoms with Crippen LogP contribution in [0, 0.1) is 5.92 Å². The summed E-state index contributed by atoms with van der Waals surface area (Å²) < 4.78 is 16.5. The molecule has 10 heteroatoms. The number of nitrogens with zero attached hydrogens (tertiary/aromatic N) is 2. The molecule has 194 valence electrons. The number of ketones is 1. The van der Waals surface area contributed by atoms with Crippen LogP contribution < -0.4 is 20.1 Å². The van der Waals surface area contributed by atoms with E-state index < -0.39 is 0 Å². The molecule has 1 aliphatic heterocycles. The topological polar surface area (TPSA) is 94.6 Å². The Morgan fingerprint density at radius 2 is 1.86 bits per heavy atom. The number of carbonyl (C=O) groups excluding carboxylic acids is 1. The van der Waals surface area contributed by atoms with Gasteiger partial charge in [0.25, 0.3) is 0 Å². The van der Waals surface area contributed by atoms with Crippen LogP contribution >= 0.6 is 23.2 Å². The average Bonchev–Trinajstić information content (AvgIpc) is 3.62. The molecule has 1 saturated carbocycles. The van der Waals surface area contributed by atoms with Crippen molar-refractivity contribution in [1.82, 2.24) is 9.97 Å². The van der Waals surface area contributed by atoms with E-state index in [9.17, 15) is 4.79 Å². The van der Waals surface area contributed by atoms with Crippen LogP contribution in [0.25, 0.3) is 22.0 Å². The third-order valence-corrected chi connectivity index (χ3v) is 7.44. The number of halogens is 2. The number of hydrogen-bond acceptors (Lipinski definition) is 8. The molecule has 2 aliphatic rings. The molecular weight excluding hydrogens is 515 g/mol. The Morgan fingerprint density at radius 3 is 2.51 bits per heavy atom. The molecule has 3 heterocycles. The van der Waals surface area contributed by atoms with Crippen LogP contribution in [0.5, 0.6) is 11.5 Å². The highest BCUT2D eigenvalue weighted by atomic mass is 35.5. The molecule has 0 radical (unpaired) electrons. The van der Waals surface area contributed by atoms with Crippen molar-refractivity contribution in [2.24, 2.45) is 5.92 Å². The number of fused-ring (bicyclic) bond motifs is 1. The number of benzene rings is 1. The number of hydrogen-bond donors (Lipinski definition) is 2. The number of allylic oxidation sites excluding steroid dienone is 1. The average molecular weight is 543 g/mol. The Balaban J connectivity index is 1.54. The highest BCUT2D eigenvalue weighted by molar-refractivity contribution is 6.41. The molecule has 0 spiro atoms. The van der Waals surface area contributed by atoms with Gasteiger partial charge >= 0.3 is 0 Å². The zero-order valence-corrected chi connectivity index (χ0v) is 22.2. The van der Waals surface area contributed by atoms with E-state index in [1.165, 1.54) is 20.3 Å². The highest BCUT2D eigenvalue weighted by Gasteiger charge is 2.30. The van der Waals surface area contributed by atoms with Crippen LogP contribution in [0.3, 0.4) is 0 Å². The maximum Gasteiger partial charge on any atom is 0.155 e. The van der Waals surface area contributed by atoms with E-state index in [1.54, 1.807) is 12.3 Å². The molecule has 5 rings (SSSR count). The summed E-state index contributed by atoms with van der Waals surface area (Å²) in [6.45, 7) is 4.61. The summed E-state index contributed by atoms with van der Waals surface area (Å²) in [5, 5.41) is 9.47. The number of rotatable bonds is 10. The number of carbonyl (C=O) groups is 1. The van der Waals surface area contributed by atoms with Gasteiger partial charge in [0.05, 0.1) is 49.2 Å². The minimum absolute atomic E-state index is 0.00733. The normalized spacial score (nSPS) is 19.0. The van der Waals surface area contributed by atoms with E-state index in [0.717, 1.165) is 29.4 Å². The summed E-state index contributed by atoms with van der Waals surface area (Å²) in [5.74, 6) is 2.35. The lowest BCUT2D eigenvalue weighted by Gasteiger charge is -2.20. The molecule has 2 aromatic heterocycles. The largest absolute Gasteiger partial charge is 0.495 e. The fourth-order valence-corrected chi connectivity index (χ4v) is 5.18. The van der Waals surface area contributed by atoms with Gasteiger partial charge < -0.3 is 24.8 Å². The van der Waals surface area contributed by atoms with E-state index in [2.05, 4.69) is 22.2 Å². The number of ether oxygens (including phenoxy) is 3. The van der Waals surface area contributed by atoms with Crippen LogP contribution in [0.2, 0.25) is 10.0 Å². The molecule has 3 aromatic rings. The molecule has 0 unspecified atom stereocenters. The van der Waals surface area contributed by atoms with E-state index in [0.29, 0.717) is 64.3 Å². The lowest BCUT2D eigenvalue weighted by molar-refractivity contribution is -0.115. The second-order valence-electron chi connectivity index (χ2n) is 9.27. The van der Waals surface area contributed by atoms with Gasteiger partial charge in [0.1, 0.15) is 23.1 Å². The van der Waals surface area contributed by atoms with Gasteiger partial charge in [-0.3, -0.25) is 4.79 Å². The number of nitrogens with one attached hydrogen (secondary N) is 2. The van der Waals surface area contributed by atoms with Crippen molar-refractivity contribution in [3.63, 3.8) is 0 Å². The number of anilines is 2. The fraction of sp³-hybridized carbons (Fsp3) is 0.370. The zero-order valence-electron chi connectivity index (χ0n) is 20.6. The SMILES string of the molecule is C=CC(=O)C[C@H]1COC[C@H]1Nc1cc2c(NC3CC3)nc(-c3c(Cl)c(OC)cc(OC)c3Cl)cc2cn1. The molecule has 1 saturated heterocycles. The van der Waals surface area contributed by atoms with Crippen LogP contribution in [0.15, 0.2) is 37.1 Å². The van der Waals surface area contributed by atoms with Crippen molar-refractivity contribution < 1.29 is 19.0 Å². The Morgan fingerprint density at radius 1 is 1.14 bits per heavy atom. The lowest BCUT2D eigenvalue weighted by Crippen LogP contribution is -2.29. The zero-order chi connectivity index (χ0) is 26.1. The first-order valence-corrected chi connectivity index (χ1v) is 12.8. The molecular formula is C27H28Cl2N4O4. The van der Waals surface area contributed by atoms with Crippen LogP contribution in [0.1, 0.15) is 19.3 Å². The number of aromatic nitrogens is 2. The fourth-order valence-electron chi connectivity index (χ4n) is 4.49. The van der Waals surface area contributed by atoms with E-state index >= 15 is 0 Å². The van der Waals surface area contributed by atoms with Gasteiger partial charge in [-0.25, -0.2) is 9.97 Å². The maximum atomic E-state index is 11.9. The third kappa shape index (κ3) is 5.32. The second-order valence-corrected chi connectivity index (χ2v) is 10.0. The van der Waals surface area contributed by atoms with Gasteiger partial charge in [-0.1, -0.05) is 29.8 Å². The van der Waals surface area contributed by atoms with Crippen molar-refractivity contribution in [3.8, 4) is 22.8 Å². The lowest BCUT2D eigenvalue weighted by atomic mass is 9.97. The van der Waals surface area contributed by atoms with E-state index in [-0.39, 0.29) is 17.7 Å². The Hall–Kier alpha value is -3.07. The predicted molar refractivity (Wildman–Crippen MR) is 146 cm³/mol. The van der Waals surface area contributed by atoms with E-state index in [4.69, 9.17) is 42.4 Å². The Bertz CT molecular complexity index is 1330. The molecule has 2 N–H and O–H groups in total. The van der Waals surface area contributed by atoms with Gasteiger partial charge in [0, 0.05) is 47.0 Å². The first-order valence-electron chi connectivity index (χ1n) is 12.1. The van der Waals surface area contributed by atoms with Gasteiger partial charge in [-0.05, 0) is 31.1 Å². The van der Waals surface area contributed by atoms with Crippen LogP contribution in [-0.2, 0) is 9.53 Å². The van der Waals surface area contributed by atoms with Crippen molar-refractivity contribution in [1.29, 1.82) is 0 Å². The van der Waals surface area contributed by atoms with Crippen molar-refractivity contribution in [2.45, 2.75) is 31.3 Å². The van der Waals surface area contributed by atoms with Crippen molar-refractivity contribution in [2.75, 3.05) is 38.1 Å². The molecule has 8 nitrogen and oxygen atoms in total. The predicted octanol–water partition coefficient (Wildman–Crippen LogP) is 5.77. The molecule has 37 heavy (non-hydrogen) atoms. The Labute approximate surface area is 225 Å². The monoisotopic (exact) mass is 542 g/mol. The van der Waals surface area contributed by atoms with Gasteiger partial charge in [0.15, 0.2) is 5.78 Å². The van der Waals surface area contributed by atoms with Crippen LogP contribution in [-0.4, -0.2) is 55.3 Å². The molecule has 1 aromatic carbocycles. The summed E-state index contributed by atoms with van der Waals surface area (Å²) in [6.07, 6.45) is 5.70. The van der Waals surface area contributed by atoms with Gasteiger partial charge in [0.2, 0.25) is 0 Å². The van der Waals surface area contributed by atoms with Crippen LogP contribution in [0.4, 0.5) is 11.6 Å². The minimum Gasteiger partial charge on any atom is -0.495 e. The molecule has 2 fully saturated rings. The van der Waals surface area contributed by atoms with E-state index in [1.807, 2.05) is 12.1 Å². The maximum absolute atomic E-state index is 11.9. The second kappa shape index (κ2) is 10.7. The quantitative estimate of drug-likeness (QED) is 0.312. The summed E-state index contributed by atoms with van der Waals surface area (Å²) in [4.78, 5) is 21.5. The smallest absolute Gasteiger partial charge is 0.155 e. The first-order chi connectivity index (χ1) is 17.9. The minimum atomic E-state index is -0.0252. The van der Waals surface area contributed by atoms with Gasteiger partial charge in [-0.2, -0.15) is 0 Å². The summed E-state index contributed by atoms with van der Waals surface area (Å²) >= 11 is 13.4. The first kappa shape index (κ1) is 25.6. The highest BCUT2D eigenvalue weighted by Crippen LogP contribution is 2.46. The molecule has 0 amide bonds. The summed E-state index contributed by atoms with van der Waals surface area (Å²) in [6, 6.07) is 5.86. The molecule has 1 aliphatic carbocycles. The Kier molecular flexibility index (Phi) is 7.42. The standard InChI is InChI=1S/C27H28Cl2N4O4/c1-4-17(34)7-15-12-37-13-20(15)32-23-9-18-14(11-30-23)8-19(33-27(18)31-16-5-6-16)24-25(28)21(35-2)10-22(36-3)26(24)29/h4,8-11,15-16,20H,1,5-7,12-13H2,2-3H3,(H,30,32)(H,31,33)/t15-,20+/m0/s1. The summed E-state index contributed by atoms with van der Waals surface area (Å²) in [5.41, 5.74) is 1.11. The number of pyridine rings is 2. The van der Waals surface area contributed by atoms with Crippen molar-refractivity contribution >= 4 is 51.4 Å². The van der Waals surface area contributed by atoms with Gasteiger partial charge in [-0.15, -0.1) is 0 Å². The van der Waals surface area contributed by atoms with Crippen molar-refractivity contribution in [3.05, 3.63) is 47.1 Å².